The molecule has 56 heavy (non-hydrogen) atoms. The predicted octanol–water partition coefficient (Wildman–Crippen LogP) is 14.1. The molecule has 11 rings (SSSR count). The number of hydrogen-bond donors (Lipinski definition) is 0. The molecule has 1 heteroatoms. The number of nitrogens with zero attached hydrogens (tertiary/aromatic N) is 1. The summed E-state index contributed by atoms with van der Waals surface area (Å²) in [6.07, 6.45) is 0. The largest absolute Gasteiger partial charge is 0.248 e. The second kappa shape index (κ2) is 13.3. The second-order valence-electron chi connectivity index (χ2n) is 15.0. The molecular formula is C55H37N. The minimum atomic E-state index is 0.0705. The van der Waals surface area contributed by atoms with Gasteiger partial charge < -0.3 is 0 Å². The lowest BCUT2D eigenvalue weighted by Gasteiger charge is -2.19. The molecule has 0 bridgehead atoms. The summed E-state index contributed by atoms with van der Waals surface area (Å²) in [4.78, 5) is 5.31. The molecule has 0 aliphatic heterocycles. The summed E-state index contributed by atoms with van der Waals surface area (Å²) in [5, 5.41) is 0. The number of rotatable bonds is 6. The van der Waals surface area contributed by atoms with Crippen LogP contribution in [0.2, 0.25) is 0 Å². The predicted molar refractivity (Wildman–Crippen MR) is 232 cm³/mol. The normalized spacial score (nSPS) is 14.8. The lowest BCUT2D eigenvalue weighted by Crippen LogP contribution is -2.03. The molecule has 9 aromatic rings. The lowest BCUT2D eigenvalue weighted by molar-refractivity contribution is 0.982. The van der Waals surface area contributed by atoms with Gasteiger partial charge in [0.15, 0.2) is 0 Å². The van der Waals surface area contributed by atoms with Crippen LogP contribution in [-0.4, -0.2) is 4.98 Å². The molecule has 2 atom stereocenters. The van der Waals surface area contributed by atoms with Crippen LogP contribution in [0.3, 0.4) is 0 Å². The Bertz CT molecular complexity index is 2840. The van der Waals surface area contributed by atoms with Crippen molar-refractivity contribution < 1.29 is 0 Å². The van der Waals surface area contributed by atoms with E-state index in [0.717, 1.165) is 28.1 Å². The maximum atomic E-state index is 5.31. The lowest BCUT2D eigenvalue weighted by atomic mass is 9.84. The van der Waals surface area contributed by atoms with Crippen LogP contribution in [0.5, 0.6) is 0 Å². The Morgan fingerprint density at radius 2 is 0.750 bits per heavy atom. The Labute approximate surface area is 328 Å². The van der Waals surface area contributed by atoms with E-state index in [4.69, 9.17) is 4.98 Å². The van der Waals surface area contributed by atoms with Gasteiger partial charge in [0.05, 0.1) is 11.4 Å². The highest BCUT2D eigenvalue weighted by Crippen LogP contribution is 2.56. The molecule has 0 radical (unpaired) electrons. The van der Waals surface area contributed by atoms with Gasteiger partial charge in [-0.15, -0.1) is 0 Å². The highest BCUT2D eigenvalue weighted by atomic mass is 14.7. The second-order valence-corrected chi connectivity index (χ2v) is 15.0. The van der Waals surface area contributed by atoms with E-state index in [1.165, 1.54) is 72.3 Å². The van der Waals surface area contributed by atoms with Crippen LogP contribution in [-0.2, 0) is 0 Å². The van der Waals surface area contributed by atoms with E-state index in [1.54, 1.807) is 0 Å². The van der Waals surface area contributed by atoms with Crippen molar-refractivity contribution in [3.05, 3.63) is 246 Å². The Balaban J connectivity index is 1.11. The highest BCUT2D eigenvalue weighted by molar-refractivity contribution is 5.91. The average Bonchev–Trinajstić information content (AvgIpc) is 3.78. The standard InChI is InChI=1S/C55H37N/c1-5-16-36(17-6-1)40-28-29-46-47(31-40)49-34-48-44-26-13-14-27-45(44)54(39-22-11-4-12-23-39)50(48)35-51(49)55(46)42-25-15-24-41(30-42)53-33-43(37-18-7-2-8-19-37)32-52(56-53)38-20-9-3-10-21-38/h1-35,54-55H. The third-order valence-corrected chi connectivity index (χ3v) is 11.8. The highest BCUT2D eigenvalue weighted by Gasteiger charge is 2.36. The molecule has 2 aliphatic rings. The van der Waals surface area contributed by atoms with Gasteiger partial charge in [-0.25, -0.2) is 4.98 Å². The minimum absolute atomic E-state index is 0.0705. The molecule has 8 aromatic carbocycles. The molecular weight excluding hydrogens is 675 g/mol. The van der Waals surface area contributed by atoms with Gasteiger partial charge in [0.25, 0.3) is 0 Å². The maximum absolute atomic E-state index is 5.31. The Morgan fingerprint density at radius 3 is 1.46 bits per heavy atom. The van der Waals surface area contributed by atoms with Crippen molar-refractivity contribution in [3.63, 3.8) is 0 Å². The van der Waals surface area contributed by atoms with Gasteiger partial charge in [0.1, 0.15) is 0 Å². The fraction of sp³-hybridized carbons (Fsp3) is 0.0364. The van der Waals surface area contributed by atoms with Gasteiger partial charge in [-0.1, -0.05) is 182 Å². The molecule has 0 saturated heterocycles. The van der Waals surface area contributed by atoms with Gasteiger partial charge in [-0.3, -0.25) is 0 Å². The third-order valence-electron chi connectivity index (χ3n) is 11.8. The summed E-state index contributed by atoms with van der Waals surface area (Å²) >= 11 is 0. The van der Waals surface area contributed by atoms with Crippen LogP contribution in [0.1, 0.15) is 45.2 Å². The monoisotopic (exact) mass is 711 g/mol. The summed E-state index contributed by atoms with van der Waals surface area (Å²) in [5.41, 5.74) is 22.4. The van der Waals surface area contributed by atoms with Crippen molar-refractivity contribution in [3.8, 4) is 67.0 Å². The summed E-state index contributed by atoms with van der Waals surface area (Å²) in [7, 11) is 0. The number of hydrogen-bond acceptors (Lipinski definition) is 1. The van der Waals surface area contributed by atoms with Crippen LogP contribution >= 0.6 is 0 Å². The summed E-state index contributed by atoms with van der Waals surface area (Å²) < 4.78 is 0. The smallest absolute Gasteiger partial charge is 0.0715 e. The van der Waals surface area contributed by atoms with E-state index in [9.17, 15) is 0 Å². The number of pyridine rings is 1. The van der Waals surface area contributed by atoms with E-state index >= 15 is 0 Å². The SMILES string of the molecule is c1ccc(-c2cc(-c3ccccc3)nc(-c3cccc(C4c5ccc(-c6ccccc6)cc5-c5cc6c(cc54)C(c4ccccc4)c4ccccc4-6)c3)c2)cc1. The summed E-state index contributed by atoms with van der Waals surface area (Å²) in [6, 6.07) is 77.7. The summed E-state index contributed by atoms with van der Waals surface area (Å²) in [6.45, 7) is 0. The van der Waals surface area contributed by atoms with E-state index in [0.29, 0.717) is 0 Å². The van der Waals surface area contributed by atoms with E-state index in [1.807, 2.05) is 0 Å². The molecule has 0 spiro atoms. The average molecular weight is 712 g/mol. The topological polar surface area (TPSA) is 12.9 Å². The Kier molecular flexibility index (Phi) is 7.70. The molecule has 262 valence electrons. The number of benzene rings is 8. The first kappa shape index (κ1) is 32.3. The molecule has 1 aromatic heterocycles. The van der Waals surface area contributed by atoms with Crippen LogP contribution < -0.4 is 0 Å². The molecule has 2 aliphatic carbocycles. The maximum Gasteiger partial charge on any atom is 0.0715 e. The van der Waals surface area contributed by atoms with E-state index in [2.05, 4.69) is 212 Å². The first-order chi connectivity index (χ1) is 27.8. The van der Waals surface area contributed by atoms with E-state index in [-0.39, 0.29) is 11.8 Å². The molecule has 0 N–H and O–H groups in total. The Morgan fingerprint density at radius 1 is 0.250 bits per heavy atom. The first-order valence-corrected chi connectivity index (χ1v) is 19.5. The summed E-state index contributed by atoms with van der Waals surface area (Å²) in [5.74, 6) is 0.255. The van der Waals surface area contributed by atoms with Gasteiger partial charge in [-0.2, -0.15) is 0 Å². The van der Waals surface area contributed by atoms with Gasteiger partial charge in [-0.05, 0) is 108 Å². The van der Waals surface area contributed by atoms with Crippen LogP contribution in [0, 0.1) is 0 Å². The van der Waals surface area contributed by atoms with Crippen molar-refractivity contribution in [1.82, 2.24) is 4.98 Å². The molecule has 1 heterocycles. The fourth-order valence-electron chi connectivity index (χ4n) is 9.23. The number of fused-ring (bicyclic) bond motifs is 6. The van der Waals surface area contributed by atoms with Crippen molar-refractivity contribution in [2.45, 2.75) is 11.8 Å². The minimum Gasteiger partial charge on any atom is -0.248 e. The van der Waals surface area contributed by atoms with Crippen LogP contribution in [0.15, 0.2) is 212 Å². The molecule has 0 amide bonds. The zero-order valence-electron chi connectivity index (χ0n) is 30.8. The number of aromatic nitrogens is 1. The first-order valence-electron chi connectivity index (χ1n) is 19.5. The zero-order valence-corrected chi connectivity index (χ0v) is 30.8. The fourth-order valence-corrected chi connectivity index (χ4v) is 9.23. The Hall–Kier alpha value is -7.09. The van der Waals surface area contributed by atoms with E-state index < -0.39 is 0 Å². The molecule has 0 fully saturated rings. The third kappa shape index (κ3) is 5.43. The van der Waals surface area contributed by atoms with Gasteiger partial charge >= 0.3 is 0 Å². The molecule has 2 unspecified atom stereocenters. The van der Waals surface area contributed by atoms with Crippen LogP contribution in [0.25, 0.3) is 67.0 Å². The van der Waals surface area contributed by atoms with Gasteiger partial charge in [0.2, 0.25) is 0 Å². The zero-order chi connectivity index (χ0) is 37.0. The molecule has 1 nitrogen and oxygen atoms in total. The van der Waals surface area contributed by atoms with Gasteiger partial charge in [0, 0.05) is 23.0 Å². The van der Waals surface area contributed by atoms with Crippen molar-refractivity contribution in [2.24, 2.45) is 0 Å². The van der Waals surface area contributed by atoms with Crippen molar-refractivity contribution in [2.75, 3.05) is 0 Å². The van der Waals surface area contributed by atoms with Crippen molar-refractivity contribution in [1.29, 1.82) is 0 Å². The van der Waals surface area contributed by atoms with Crippen LogP contribution in [0.4, 0.5) is 0 Å². The van der Waals surface area contributed by atoms with Crippen molar-refractivity contribution >= 4 is 0 Å². The quantitative estimate of drug-likeness (QED) is 0.167. The molecule has 0 saturated carbocycles.